The summed E-state index contributed by atoms with van der Waals surface area (Å²) in [5, 5.41) is 13.4. The Morgan fingerprint density at radius 2 is 2.33 bits per heavy atom. The fourth-order valence-corrected chi connectivity index (χ4v) is 1.18. The van der Waals surface area contributed by atoms with Crippen LogP contribution in [0.2, 0.25) is 0 Å². The van der Waals surface area contributed by atoms with Gasteiger partial charge in [0.25, 0.3) is 5.69 Å². The van der Waals surface area contributed by atoms with Gasteiger partial charge in [-0.3, -0.25) is 10.1 Å². The number of hydrogen-bond acceptors (Lipinski definition) is 3. The molecule has 78 valence electrons. The Morgan fingerprint density at radius 1 is 1.53 bits per heavy atom. The first-order chi connectivity index (χ1) is 7.24. The number of nitro benzene ring substituents is 1. The van der Waals surface area contributed by atoms with Crippen molar-refractivity contribution < 1.29 is 4.92 Å². The third-order valence-corrected chi connectivity index (χ3v) is 1.87. The Morgan fingerprint density at radius 3 is 3.00 bits per heavy atom. The molecule has 1 aromatic rings. The number of benzene rings is 1. The molecular formula is C11H12N2O2. The maximum absolute atomic E-state index is 10.5. The van der Waals surface area contributed by atoms with Crippen LogP contribution in [0.4, 0.5) is 5.69 Å². The number of nitrogens with one attached hydrogen (secondary N) is 1. The fourth-order valence-electron chi connectivity index (χ4n) is 1.18. The second-order valence-electron chi connectivity index (χ2n) is 2.98. The standard InChI is InChI=1S/C11H12N2O2/c1-2-7-12-8-6-10-4-3-5-11(9-10)13(14)15/h3-5,9,12H,6,8H2,1H3. The molecule has 0 unspecified atom stereocenters. The molecule has 15 heavy (non-hydrogen) atoms. The van der Waals surface area contributed by atoms with Crippen LogP contribution in [-0.2, 0) is 6.42 Å². The zero-order valence-electron chi connectivity index (χ0n) is 8.49. The largest absolute Gasteiger partial charge is 0.346 e. The molecule has 4 nitrogen and oxygen atoms in total. The zero-order valence-corrected chi connectivity index (χ0v) is 8.49. The minimum absolute atomic E-state index is 0.133. The first-order valence-electron chi connectivity index (χ1n) is 4.62. The summed E-state index contributed by atoms with van der Waals surface area (Å²) in [5.74, 6) is 2.71. The van der Waals surface area contributed by atoms with E-state index in [9.17, 15) is 10.1 Å². The van der Waals surface area contributed by atoms with Crippen molar-refractivity contribution in [1.82, 2.24) is 5.32 Å². The second-order valence-corrected chi connectivity index (χ2v) is 2.98. The van der Waals surface area contributed by atoms with Gasteiger partial charge in [-0.25, -0.2) is 0 Å². The summed E-state index contributed by atoms with van der Waals surface area (Å²) in [6, 6.07) is 9.36. The van der Waals surface area contributed by atoms with Gasteiger partial charge in [0.15, 0.2) is 0 Å². The van der Waals surface area contributed by atoms with Gasteiger partial charge in [0.1, 0.15) is 0 Å². The lowest BCUT2D eigenvalue weighted by molar-refractivity contribution is -0.384. The van der Waals surface area contributed by atoms with E-state index in [1.165, 1.54) is 6.07 Å². The first kappa shape index (κ1) is 11.1. The third-order valence-electron chi connectivity index (χ3n) is 1.87. The summed E-state index contributed by atoms with van der Waals surface area (Å²) in [6.07, 6.45) is 0.732. The molecule has 0 fully saturated rings. The summed E-state index contributed by atoms with van der Waals surface area (Å²) < 4.78 is 0. The molecule has 0 atom stereocenters. The van der Waals surface area contributed by atoms with Crippen molar-refractivity contribution >= 4 is 5.69 Å². The zero-order chi connectivity index (χ0) is 11.1. The van der Waals surface area contributed by atoms with Crippen LogP contribution in [0.1, 0.15) is 12.5 Å². The Kier molecular flexibility index (Phi) is 4.17. The minimum Gasteiger partial charge on any atom is -0.346 e. The molecule has 0 saturated carbocycles. The van der Waals surface area contributed by atoms with E-state index in [4.69, 9.17) is 0 Å². The van der Waals surface area contributed by atoms with E-state index in [1.54, 1.807) is 19.1 Å². The number of rotatable bonds is 4. The Bertz CT molecular complexity index is 405. The monoisotopic (exact) mass is 204 g/mol. The number of nitrogens with zero attached hydrogens (tertiary/aromatic N) is 1. The second kappa shape index (κ2) is 5.66. The fraction of sp³-hybridized carbons (Fsp3) is 0.273. The average molecular weight is 204 g/mol. The van der Waals surface area contributed by atoms with E-state index in [0.717, 1.165) is 12.0 Å². The van der Waals surface area contributed by atoms with Crippen LogP contribution in [0.25, 0.3) is 0 Å². The van der Waals surface area contributed by atoms with Crippen LogP contribution < -0.4 is 5.32 Å². The van der Waals surface area contributed by atoms with E-state index >= 15 is 0 Å². The van der Waals surface area contributed by atoms with E-state index in [-0.39, 0.29) is 10.6 Å². The molecule has 0 saturated heterocycles. The highest BCUT2D eigenvalue weighted by Crippen LogP contribution is 2.12. The number of non-ortho nitro benzene ring substituents is 1. The lowest BCUT2D eigenvalue weighted by atomic mass is 10.1. The number of hydrogen-bond donors (Lipinski definition) is 1. The van der Waals surface area contributed by atoms with Crippen molar-refractivity contribution in [1.29, 1.82) is 0 Å². The Labute approximate surface area is 88.5 Å². The summed E-state index contributed by atoms with van der Waals surface area (Å²) in [5.41, 5.74) is 1.07. The van der Waals surface area contributed by atoms with Crippen molar-refractivity contribution in [3.63, 3.8) is 0 Å². The minimum atomic E-state index is -0.386. The van der Waals surface area contributed by atoms with Crippen LogP contribution in [0, 0.1) is 22.1 Å². The van der Waals surface area contributed by atoms with E-state index < -0.39 is 0 Å². The van der Waals surface area contributed by atoms with Crippen LogP contribution in [-0.4, -0.2) is 11.5 Å². The molecule has 0 aliphatic carbocycles. The van der Waals surface area contributed by atoms with Gasteiger partial charge in [-0.15, -0.1) is 0 Å². The van der Waals surface area contributed by atoms with Gasteiger partial charge < -0.3 is 5.32 Å². The summed E-state index contributed by atoms with van der Waals surface area (Å²) in [4.78, 5) is 10.1. The van der Waals surface area contributed by atoms with Crippen LogP contribution in [0.15, 0.2) is 24.3 Å². The Balaban J connectivity index is 2.56. The first-order valence-corrected chi connectivity index (χ1v) is 4.62. The van der Waals surface area contributed by atoms with Crippen LogP contribution in [0.3, 0.4) is 0 Å². The van der Waals surface area contributed by atoms with Gasteiger partial charge in [0, 0.05) is 24.7 Å². The topological polar surface area (TPSA) is 55.2 Å². The predicted octanol–water partition coefficient (Wildman–Crippen LogP) is 1.71. The molecule has 0 aliphatic rings. The normalized spacial score (nSPS) is 8.87. The van der Waals surface area contributed by atoms with Gasteiger partial charge in [-0.05, 0) is 18.9 Å². The molecule has 4 heteroatoms. The molecule has 0 heterocycles. The highest BCUT2D eigenvalue weighted by molar-refractivity contribution is 5.34. The third kappa shape index (κ3) is 3.69. The summed E-state index contributed by atoms with van der Waals surface area (Å²) in [7, 11) is 0. The maximum atomic E-state index is 10.5. The molecule has 0 amide bonds. The van der Waals surface area contributed by atoms with Crippen molar-refractivity contribution in [3.8, 4) is 12.0 Å². The molecule has 1 aromatic carbocycles. The van der Waals surface area contributed by atoms with Gasteiger partial charge in [0.05, 0.1) is 4.92 Å². The van der Waals surface area contributed by atoms with Gasteiger partial charge in [0.2, 0.25) is 0 Å². The van der Waals surface area contributed by atoms with E-state index in [0.29, 0.717) is 6.54 Å². The van der Waals surface area contributed by atoms with Crippen molar-refractivity contribution in [2.75, 3.05) is 6.54 Å². The molecule has 0 bridgehead atoms. The SMILES string of the molecule is CC#CNCCc1cccc([N+](=O)[O-])c1. The van der Waals surface area contributed by atoms with Crippen LogP contribution >= 0.6 is 0 Å². The molecule has 0 spiro atoms. The van der Waals surface area contributed by atoms with E-state index in [1.807, 2.05) is 6.07 Å². The van der Waals surface area contributed by atoms with E-state index in [2.05, 4.69) is 17.3 Å². The van der Waals surface area contributed by atoms with Gasteiger partial charge in [-0.2, -0.15) is 0 Å². The number of nitro groups is 1. The lowest BCUT2D eigenvalue weighted by Crippen LogP contribution is -2.10. The average Bonchev–Trinajstić information content (AvgIpc) is 2.25. The van der Waals surface area contributed by atoms with Gasteiger partial charge in [-0.1, -0.05) is 18.1 Å². The smallest absolute Gasteiger partial charge is 0.269 e. The molecule has 0 aliphatic heterocycles. The molecule has 1 N–H and O–H groups in total. The lowest BCUT2D eigenvalue weighted by Gasteiger charge is -1.99. The van der Waals surface area contributed by atoms with Crippen LogP contribution in [0.5, 0.6) is 0 Å². The quantitative estimate of drug-likeness (QED) is 0.267. The molecular weight excluding hydrogens is 192 g/mol. The highest BCUT2D eigenvalue weighted by atomic mass is 16.6. The maximum Gasteiger partial charge on any atom is 0.269 e. The molecule has 0 radical (unpaired) electrons. The molecule has 1 rings (SSSR count). The van der Waals surface area contributed by atoms with Crippen molar-refractivity contribution in [2.24, 2.45) is 0 Å². The highest BCUT2D eigenvalue weighted by Gasteiger charge is 2.04. The van der Waals surface area contributed by atoms with Crippen molar-refractivity contribution in [3.05, 3.63) is 39.9 Å². The summed E-state index contributed by atoms with van der Waals surface area (Å²) in [6.45, 7) is 2.45. The Hall–Kier alpha value is -2.02. The van der Waals surface area contributed by atoms with Gasteiger partial charge >= 0.3 is 0 Å². The van der Waals surface area contributed by atoms with Crippen molar-refractivity contribution in [2.45, 2.75) is 13.3 Å². The molecule has 0 aromatic heterocycles. The summed E-state index contributed by atoms with van der Waals surface area (Å²) >= 11 is 0. The predicted molar refractivity (Wildman–Crippen MR) is 58.3 cm³/mol.